The first-order chi connectivity index (χ1) is 7.77. The van der Waals surface area contributed by atoms with Gasteiger partial charge in [-0.2, -0.15) is 0 Å². The quantitative estimate of drug-likeness (QED) is 0.792. The van der Waals surface area contributed by atoms with Crippen molar-refractivity contribution in [3.05, 3.63) is 0 Å². The van der Waals surface area contributed by atoms with Gasteiger partial charge in [0.1, 0.15) is 0 Å². The molecule has 2 aliphatic rings. The molecule has 0 spiro atoms. The lowest BCUT2D eigenvalue weighted by atomic mass is 9.90. The Morgan fingerprint density at radius 3 is 2.81 bits per heavy atom. The van der Waals surface area contributed by atoms with E-state index in [1.54, 1.807) is 0 Å². The van der Waals surface area contributed by atoms with E-state index in [-0.39, 0.29) is 0 Å². The van der Waals surface area contributed by atoms with Crippen molar-refractivity contribution >= 4 is 0 Å². The van der Waals surface area contributed by atoms with Crippen molar-refractivity contribution in [1.29, 1.82) is 0 Å². The Bertz CT molecular complexity index is 199. The van der Waals surface area contributed by atoms with E-state index in [1.165, 1.54) is 58.3 Å². The van der Waals surface area contributed by atoms with Crippen LogP contribution in [0, 0.1) is 11.8 Å². The van der Waals surface area contributed by atoms with Gasteiger partial charge in [0.05, 0.1) is 0 Å². The Morgan fingerprint density at radius 1 is 1.19 bits per heavy atom. The van der Waals surface area contributed by atoms with Gasteiger partial charge in [0.15, 0.2) is 0 Å². The highest BCUT2D eigenvalue weighted by Gasteiger charge is 2.25. The highest BCUT2D eigenvalue weighted by atomic mass is 15.2. The fourth-order valence-electron chi connectivity index (χ4n) is 3.26. The molecule has 2 rings (SSSR count). The van der Waals surface area contributed by atoms with E-state index in [4.69, 9.17) is 0 Å². The maximum Gasteiger partial charge on any atom is 0.00925 e. The molecule has 2 heteroatoms. The summed E-state index contributed by atoms with van der Waals surface area (Å²) in [5.74, 6) is 1.84. The number of hydrogen-bond acceptors (Lipinski definition) is 2. The first kappa shape index (κ1) is 12.4. The van der Waals surface area contributed by atoms with Crippen molar-refractivity contribution in [1.82, 2.24) is 10.2 Å². The SMILES string of the molecule is CC1CCCN(CCC2CCCNC2)C1C. The lowest BCUT2D eigenvalue weighted by molar-refractivity contribution is 0.104. The maximum atomic E-state index is 3.52. The van der Waals surface area contributed by atoms with Gasteiger partial charge in [0, 0.05) is 6.04 Å². The molecule has 2 heterocycles. The summed E-state index contributed by atoms with van der Waals surface area (Å²) >= 11 is 0. The standard InChI is InChI=1S/C14H28N2/c1-12-5-4-9-16(13(12)2)10-7-14-6-3-8-15-11-14/h12-15H,3-11H2,1-2H3. The number of nitrogens with zero attached hydrogens (tertiary/aromatic N) is 1. The van der Waals surface area contributed by atoms with Crippen molar-refractivity contribution in [3.8, 4) is 0 Å². The molecule has 1 N–H and O–H groups in total. The molecule has 0 aliphatic carbocycles. The molecule has 2 saturated heterocycles. The van der Waals surface area contributed by atoms with E-state index in [0.29, 0.717) is 0 Å². The summed E-state index contributed by atoms with van der Waals surface area (Å²) in [7, 11) is 0. The minimum Gasteiger partial charge on any atom is -0.316 e. The summed E-state index contributed by atoms with van der Waals surface area (Å²) in [4.78, 5) is 2.72. The average Bonchev–Trinajstić information content (AvgIpc) is 2.32. The Kier molecular flexibility index (Phi) is 4.66. The summed E-state index contributed by atoms with van der Waals surface area (Å²) in [5.41, 5.74) is 0. The smallest absolute Gasteiger partial charge is 0.00925 e. The number of piperidine rings is 2. The molecule has 0 amide bonds. The molecule has 94 valence electrons. The Hall–Kier alpha value is -0.0800. The van der Waals surface area contributed by atoms with Gasteiger partial charge in [-0.1, -0.05) is 6.92 Å². The van der Waals surface area contributed by atoms with Crippen molar-refractivity contribution in [2.75, 3.05) is 26.2 Å². The van der Waals surface area contributed by atoms with Gasteiger partial charge < -0.3 is 10.2 Å². The zero-order valence-corrected chi connectivity index (χ0v) is 11.0. The number of likely N-dealkylation sites (tertiary alicyclic amines) is 1. The fraction of sp³-hybridized carbons (Fsp3) is 1.00. The summed E-state index contributed by atoms with van der Waals surface area (Å²) < 4.78 is 0. The van der Waals surface area contributed by atoms with Crippen LogP contribution in [0.2, 0.25) is 0 Å². The third-order valence-electron chi connectivity index (χ3n) is 4.73. The lowest BCUT2D eigenvalue weighted by Gasteiger charge is -2.38. The van der Waals surface area contributed by atoms with Crippen LogP contribution >= 0.6 is 0 Å². The van der Waals surface area contributed by atoms with Gasteiger partial charge >= 0.3 is 0 Å². The van der Waals surface area contributed by atoms with Crippen LogP contribution < -0.4 is 5.32 Å². The largest absolute Gasteiger partial charge is 0.316 e. The molecule has 0 aromatic carbocycles. The maximum absolute atomic E-state index is 3.52. The average molecular weight is 224 g/mol. The van der Waals surface area contributed by atoms with Gasteiger partial charge in [-0.25, -0.2) is 0 Å². The Morgan fingerprint density at radius 2 is 2.06 bits per heavy atom. The van der Waals surface area contributed by atoms with Gasteiger partial charge in [-0.15, -0.1) is 0 Å². The van der Waals surface area contributed by atoms with E-state index in [2.05, 4.69) is 24.1 Å². The molecule has 0 radical (unpaired) electrons. The molecule has 2 nitrogen and oxygen atoms in total. The lowest BCUT2D eigenvalue weighted by Crippen LogP contribution is -2.43. The summed E-state index contributed by atoms with van der Waals surface area (Å²) in [6.45, 7) is 10.0. The zero-order valence-electron chi connectivity index (χ0n) is 11.0. The van der Waals surface area contributed by atoms with Crippen LogP contribution in [0.3, 0.4) is 0 Å². The first-order valence-electron chi connectivity index (χ1n) is 7.22. The highest BCUT2D eigenvalue weighted by molar-refractivity contribution is 4.79. The third kappa shape index (κ3) is 3.21. The second kappa shape index (κ2) is 6.02. The predicted molar refractivity (Wildman–Crippen MR) is 69.6 cm³/mol. The van der Waals surface area contributed by atoms with Crippen LogP contribution in [-0.4, -0.2) is 37.1 Å². The van der Waals surface area contributed by atoms with Crippen LogP contribution in [0.4, 0.5) is 0 Å². The molecule has 0 bridgehead atoms. The van der Waals surface area contributed by atoms with Gasteiger partial charge in [0.25, 0.3) is 0 Å². The second-order valence-corrected chi connectivity index (χ2v) is 5.90. The third-order valence-corrected chi connectivity index (χ3v) is 4.73. The molecule has 2 fully saturated rings. The molecular weight excluding hydrogens is 196 g/mol. The molecule has 0 saturated carbocycles. The predicted octanol–water partition coefficient (Wildman–Crippen LogP) is 2.50. The molecule has 2 aliphatic heterocycles. The zero-order chi connectivity index (χ0) is 11.4. The normalized spacial score (nSPS) is 37.5. The van der Waals surface area contributed by atoms with Gasteiger partial charge in [-0.3, -0.25) is 0 Å². The highest BCUT2D eigenvalue weighted by Crippen LogP contribution is 2.24. The molecule has 0 aromatic rings. The molecular formula is C14H28N2. The van der Waals surface area contributed by atoms with E-state index in [0.717, 1.165) is 17.9 Å². The van der Waals surface area contributed by atoms with E-state index in [1.807, 2.05) is 0 Å². The van der Waals surface area contributed by atoms with Crippen LogP contribution in [-0.2, 0) is 0 Å². The summed E-state index contributed by atoms with van der Waals surface area (Å²) in [6.07, 6.45) is 7.09. The fourth-order valence-corrected chi connectivity index (χ4v) is 3.26. The van der Waals surface area contributed by atoms with Crippen LogP contribution in [0.15, 0.2) is 0 Å². The number of hydrogen-bond donors (Lipinski definition) is 1. The molecule has 0 aromatic heterocycles. The van der Waals surface area contributed by atoms with Crippen LogP contribution in [0.1, 0.15) is 46.0 Å². The van der Waals surface area contributed by atoms with E-state index < -0.39 is 0 Å². The van der Waals surface area contributed by atoms with Crippen LogP contribution in [0.25, 0.3) is 0 Å². The van der Waals surface area contributed by atoms with Crippen molar-refractivity contribution in [2.45, 2.75) is 52.0 Å². The monoisotopic (exact) mass is 224 g/mol. The van der Waals surface area contributed by atoms with E-state index in [9.17, 15) is 0 Å². The molecule has 3 atom stereocenters. The number of rotatable bonds is 3. The summed E-state index contributed by atoms with van der Waals surface area (Å²) in [5, 5.41) is 3.52. The van der Waals surface area contributed by atoms with Gasteiger partial charge in [-0.05, 0) is 77.0 Å². The van der Waals surface area contributed by atoms with Gasteiger partial charge in [0.2, 0.25) is 0 Å². The van der Waals surface area contributed by atoms with E-state index >= 15 is 0 Å². The van der Waals surface area contributed by atoms with Crippen molar-refractivity contribution < 1.29 is 0 Å². The summed E-state index contributed by atoms with van der Waals surface area (Å²) in [6, 6.07) is 0.810. The molecule has 16 heavy (non-hydrogen) atoms. The first-order valence-corrected chi connectivity index (χ1v) is 7.22. The minimum atomic E-state index is 0.810. The number of nitrogens with one attached hydrogen (secondary N) is 1. The van der Waals surface area contributed by atoms with Crippen LogP contribution in [0.5, 0.6) is 0 Å². The molecule has 3 unspecified atom stereocenters. The topological polar surface area (TPSA) is 15.3 Å². The Labute approximate surface area is 101 Å². The second-order valence-electron chi connectivity index (χ2n) is 5.90. The van der Waals surface area contributed by atoms with Crippen molar-refractivity contribution in [3.63, 3.8) is 0 Å². The Balaban J connectivity index is 1.71. The van der Waals surface area contributed by atoms with Crippen molar-refractivity contribution in [2.24, 2.45) is 11.8 Å². The minimum absolute atomic E-state index is 0.810.